The molecule has 1 aliphatic rings. The van der Waals surface area contributed by atoms with Crippen LogP contribution >= 0.6 is 12.2 Å². The van der Waals surface area contributed by atoms with Crippen LogP contribution in [0.3, 0.4) is 0 Å². The van der Waals surface area contributed by atoms with E-state index in [9.17, 15) is 13.6 Å². The second kappa shape index (κ2) is 10.0. The summed E-state index contributed by atoms with van der Waals surface area (Å²) in [6.07, 6.45) is 2.45. The lowest BCUT2D eigenvalue weighted by molar-refractivity contribution is -0.113. The molecule has 3 aromatic rings. The van der Waals surface area contributed by atoms with Crippen LogP contribution in [0.15, 0.2) is 66.4 Å². The first-order valence-corrected chi connectivity index (χ1v) is 11.0. The van der Waals surface area contributed by atoms with Gasteiger partial charge in [0, 0.05) is 11.6 Å². The number of nitrogens with zero attached hydrogens (tertiary/aromatic N) is 1. The Kier molecular flexibility index (Phi) is 6.88. The lowest BCUT2D eigenvalue weighted by atomic mass is 10.1. The van der Waals surface area contributed by atoms with Crippen LogP contribution in [0.2, 0.25) is 0 Å². The highest BCUT2D eigenvalue weighted by atomic mass is 32.1. The molecule has 1 saturated heterocycles. The quantitative estimate of drug-likeness (QED) is 0.364. The van der Waals surface area contributed by atoms with E-state index in [2.05, 4.69) is 5.32 Å². The van der Waals surface area contributed by atoms with Crippen LogP contribution in [0.4, 0.5) is 14.5 Å². The second-order valence-corrected chi connectivity index (χ2v) is 7.93. The minimum absolute atomic E-state index is 0.0154. The first-order valence-electron chi connectivity index (χ1n) is 10.6. The third kappa shape index (κ3) is 4.77. The van der Waals surface area contributed by atoms with Crippen molar-refractivity contribution in [3.8, 4) is 11.5 Å². The Hall–Kier alpha value is -3.78. The highest BCUT2D eigenvalue weighted by molar-refractivity contribution is 7.80. The zero-order valence-electron chi connectivity index (χ0n) is 18.6. The molecule has 1 N–H and O–H groups in total. The van der Waals surface area contributed by atoms with Crippen molar-refractivity contribution in [1.82, 2.24) is 5.32 Å². The number of rotatable bonds is 7. The summed E-state index contributed by atoms with van der Waals surface area (Å²) in [6, 6.07) is 16.0. The number of carbonyl (C=O) groups excluding carboxylic acids is 1. The molecule has 0 aliphatic carbocycles. The SMILES string of the molecule is CCc1ccccc1N1C(=O)/C(=C\c2ccc(OC)c(COc3ccc(F)cc3F)c2)NC1=S. The van der Waals surface area contributed by atoms with Gasteiger partial charge in [0.25, 0.3) is 5.91 Å². The van der Waals surface area contributed by atoms with E-state index in [-0.39, 0.29) is 18.3 Å². The average Bonchev–Trinajstić information content (AvgIpc) is 3.11. The molecule has 1 fully saturated rings. The van der Waals surface area contributed by atoms with Crippen LogP contribution < -0.4 is 19.7 Å². The van der Waals surface area contributed by atoms with Crippen molar-refractivity contribution in [2.24, 2.45) is 0 Å². The van der Waals surface area contributed by atoms with Gasteiger partial charge in [-0.05, 0) is 66.2 Å². The number of hydrogen-bond acceptors (Lipinski definition) is 4. The van der Waals surface area contributed by atoms with E-state index in [4.69, 9.17) is 21.7 Å². The Morgan fingerprint density at radius 3 is 2.53 bits per heavy atom. The Labute approximate surface area is 201 Å². The number of carbonyl (C=O) groups is 1. The van der Waals surface area contributed by atoms with Gasteiger partial charge in [-0.15, -0.1) is 0 Å². The van der Waals surface area contributed by atoms with Gasteiger partial charge < -0.3 is 14.8 Å². The Balaban J connectivity index is 1.59. The van der Waals surface area contributed by atoms with Crippen molar-refractivity contribution < 1.29 is 23.0 Å². The van der Waals surface area contributed by atoms with Crippen molar-refractivity contribution >= 4 is 35.0 Å². The number of methoxy groups -OCH3 is 1. The highest BCUT2D eigenvalue weighted by Crippen LogP contribution is 2.28. The monoisotopic (exact) mass is 480 g/mol. The van der Waals surface area contributed by atoms with Crippen molar-refractivity contribution in [3.05, 3.63) is 94.7 Å². The Bertz CT molecular complexity index is 1290. The Morgan fingerprint density at radius 1 is 1.03 bits per heavy atom. The van der Waals surface area contributed by atoms with E-state index in [0.717, 1.165) is 29.8 Å². The van der Waals surface area contributed by atoms with E-state index in [1.54, 1.807) is 24.3 Å². The first kappa shape index (κ1) is 23.4. The number of aryl methyl sites for hydroxylation is 1. The maximum Gasteiger partial charge on any atom is 0.281 e. The molecular weight excluding hydrogens is 458 g/mol. The molecule has 1 heterocycles. The van der Waals surface area contributed by atoms with Crippen molar-refractivity contribution in [2.45, 2.75) is 20.0 Å². The van der Waals surface area contributed by atoms with Crippen LogP contribution in [0.1, 0.15) is 23.6 Å². The molecule has 1 aliphatic heterocycles. The number of anilines is 1. The van der Waals surface area contributed by atoms with Gasteiger partial charge in [0.2, 0.25) is 0 Å². The van der Waals surface area contributed by atoms with Crippen molar-refractivity contribution in [3.63, 3.8) is 0 Å². The van der Waals surface area contributed by atoms with Gasteiger partial charge >= 0.3 is 0 Å². The first-order chi connectivity index (χ1) is 16.4. The number of ether oxygens (including phenoxy) is 2. The predicted molar refractivity (Wildman–Crippen MR) is 131 cm³/mol. The van der Waals surface area contributed by atoms with Gasteiger partial charge in [0.1, 0.15) is 23.9 Å². The molecule has 5 nitrogen and oxygen atoms in total. The molecule has 0 radical (unpaired) electrons. The van der Waals surface area contributed by atoms with Gasteiger partial charge in [-0.3, -0.25) is 9.69 Å². The number of para-hydroxylation sites is 1. The highest BCUT2D eigenvalue weighted by Gasteiger charge is 2.33. The summed E-state index contributed by atoms with van der Waals surface area (Å²) in [5.41, 5.74) is 3.42. The fourth-order valence-corrected chi connectivity index (χ4v) is 3.99. The third-order valence-electron chi connectivity index (χ3n) is 5.38. The predicted octanol–water partition coefficient (Wildman–Crippen LogP) is 5.38. The lowest BCUT2D eigenvalue weighted by Crippen LogP contribution is -2.31. The molecule has 0 saturated carbocycles. The van der Waals surface area contributed by atoms with Gasteiger partial charge in [0.05, 0.1) is 12.8 Å². The third-order valence-corrected chi connectivity index (χ3v) is 5.67. The van der Waals surface area contributed by atoms with E-state index < -0.39 is 11.6 Å². The molecule has 0 spiro atoms. The molecule has 3 aromatic carbocycles. The number of halogens is 2. The fraction of sp³-hybridized carbons (Fsp3) is 0.154. The van der Waals surface area contributed by atoms with E-state index in [1.165, 1.54) is 18.1 Å². The summed E-state index contributed by atoms with van der Waals surface area (Å²) in [6.45, 7) is 2.00. The van der Waals surface area contributed by atoms with Gasteiger partial charge in [0.15, 0.2) is 16.7 Å². The van der Waals surface area contributed by atoms with Crippen molar-refractivity contribution in [1.29, 1.82) is 0 Å². The van der Waals surface area contributed by atoms with Crippen LogP contribution in [0.5, 0.6) is 11.5 Å². The average molecular weight is 481 g/mol. The summed E-state index contributed by atoms with van der Waals surface area (Å²) >= 11 is 5.43. The maximum absolute atomic E-state index is 13.9. The largest absolute Gasteiger partial charge is 0.496 e. The summed E-state index contributed by atoms with van der Waals surface area (Å²) in [5, 5.41) is 3.30. The van der Waals surface area contributed by atoms with E-state index in [0.29, 0.717) is 27.7 Å². The summed E-state index contributed by atoms with van der Waals surface area (Å²) in [5.74, 6) is -1.27. The number of hydrogen-bond donors (Lipinski definition) is 1. The standard InChI is InChI=1S/C26H22F2N2O3S/c1-3-17-6-4-5-7-22(17)30-25(31)21(29-26(30)34)13-16-8-10-23(32-2)18(12-16)15-33-24-11-9-19(27)14-20(24)28/h4-14H,3,15H2,1-2H3,(H,29,34)/b21-13+. The number of nitrogens with one attached hydrogen (secondary N) is 1. The van der Waals surface area contributed by atoms with Crippen molar-refractivity contribution in [2.75, 3.05) is 12.0 Å². The normalized spacial score (nSPS) is 14.5. The van der Waals surface area contributed by atoms with Crippen LogP contribution in [-0.2, 0) is 17.8 Å². The topological polar surface area (TPSA) is 50.8 Å². The van der Waals surface area contributed by atoms with Gasteiger partial charge in [-0.2, -0.15) is 0 Å². The molecule has 1 amide bonds. The van der Waals surface area contributed by atoms with E-state index >= 15 is 0 Å². The fourth-order valence-electron chi connectivity index (χ4n) is 3.70. The van der Waals surface area contributed by atoms with Gasteiger partial charge in [-0.1, -0.05) is 31.2 Å². The molecular formula is C26H22F2N2O3S. The summed E-state index contributed by atoms with van der Waals surface area (Å²) in [7, 11) is 1.51. The molecule has 0 bridgehead atoms. The lowest BCUT2D eigenvalue weighted by Gasteiger charge is -2.17. The smallest absolute Gasteiger partial charge is 0.281 e. The number of benzene rings is 3. The summed E-state index contributed by atoms with van der Waals surface area (Å²) < 4.78 is 38.0. The molecule has 8 heteroatoms. The molecule has 0 unspecified atom stereocenters. The second-order valence-electron chi connectivity index (χ2n) is 7.55. The molecule has 4 rings (SSSR count). The minimum Gasteiger partial charge on any atom is -0.496 e. The minimum atomic E-state index is -0.793. The zero-order chi connectivity index (χ0) is 24.2. The van der Waals surface area contributed by atoms with Gasteiger partial charge in [-0.25, -0.2) is 8.78 Å². The summed E-state index contributed by atoms with van der Waals surface area (Å²) in [4.78, 5) is 14.6. The van der Waals surface area contributed by atoms with Crippen LogP contribution in [-0.4, -0.2) is 18.1 Å². The molecule has 0 aromatic heterocycles. The molecule has 174 valence electrons. The van der Waals surface area contributed by atoms with Crippen LogP contribution in [0.25, 0.3) is 6.08 Å². The number of thiocarbonyl (C=S) groups is 1. The number of amides is 1. The molecule has 0 atom stereocenters. The maximum atomic E-state index is 13.9. The zero-order valence-corrected chi connectivity index (χ0v) is 19.4. The van der Waals surface area contributed by atoms with Crippen LogP contribution in [0, 0.1) is 11.6 Å². The Morgan fingerprint density at radius 2 is 1.79 bits per heavy atom. The van der Waals surface area contributed by atoms with E-state index in [1.807, 2.05) is 31.2 Å². The molecule has 34 heavy (non-hydrogen) atoms.